The number of thiophene rings is 1. The first-order valence-corrected chi connectivity index (χ1v) is 6.67. The lowest BCUT2D eigenvalue weighted by Crippen LogP contribution is -1.89. The van der Waals surface area contributed by atoms with Crippen molar-refractivity contribution in [1.29, 1.82) is 0 Å². The number of nitrogens with zero attached hydrogens (tertiary/aromatic N) is 2. The molecule has 2 aromatic heterocycles. The molecule has 4 heteroatoms. The van der Waals surface area contributed by atoms with Gasteiger partial charge in [-0.15, -0.1) is 11.3 Å². The number of nitrogens with two attached hydrogens (primary N) is 1. The largest absolute Gasteiger partial charge is 0.398 e. The fourth-order valence-corrected chi connectivity index (χ4v) is 3.26. The van der Waals surface area contributed by atoms with Crippen LogP contribution in [0.2, 0.25) is 0 Å². The molecule has 1 aromatic carbocycles. The number of anilines is 1. The standard InChI is InChI=1S/C14H15N3S/c1-8-4-5-10(6-12(8)15)13-7-11-9(2)16-17(3)14(11)18-13/h4-7H,15H2,1-3H3. The minimum Gasteiger partial charge on any atom is -0.398 e. The fraction of sp³-hybridized carbons (Fsp3) is 0.214. The molecule has 0 spiro atoms. The molecular weight excluding hydrogens is 242 g/mol. The molecule has 0 amide bonds. The van der Waals surface area contributed by atoms with Gasteiger partial charge in [0.25, 0.3) is 0 Å². The number of aromatic nitrogens is 2. The molecule has 3 nitrogen and oxygen atoms in total. The summed E-state index contributed by atoms with van der Waals surface area (Å²) in [5, 5.41) is 5.65. The van der Waals surface area contributed by atoms with Crippen LogP contribution in [0.1, 0.15) is 11.3 Å². The van der Waals surface area contributed by atoms with Crippen molar-refractivity contribution in [2.45, 2.75) is 13.8 Å². The Morgan fingerprint density at radius 3 is 2.67 bits per heavy atom. The average Bonchev–Trinajstić information content (AvgIpc) is 2.86. The van der Waals surface area contributed by atoms with E-state index in [1.54, 1.807) is 11.3 Å². The van der Waals surface area contributed by atoms with Crippen LogP contribution in [-0.2, 0) is 7.05 Å². The van der Waals surface area contributed by atoms with Crippen LogP contribution in [-0.4, -0.2) is 9.78 Å². The molecule has 0 unspecified atom stereocenters. The van der Waals surface area contributed by atoms with Crippen LogP contribution in [0.4, 0.5) is 5.69 Å². The number of hydrogen-bond acceptors (Lipinski definition) is 3. The van der Waals surface area contributed by atoms with E-state index in [1.165, 1.54) is 20.7 Å². The molecule has 0 aliphatic carbocycles. The van der Waals surface area contributed by atoms with Crippen LogP contribution in [0.25, 0.3) is 20.7 Å². The summed E-state index contributed by atoms with van der Waals surface area (Å²) in [7, 11) is 1.99. The predicted octanol–water partition coefficient (Wildman–Crippen LogP) is 3.50. The molecule has 3 aromatic rings. The average molecular weight is 257 g/mol. The molecule has 0 aliphatic rings. The summed E-state index contributed by atoms with van der Waals surface area (Å²) >= 11 is 1.76. The summed E-state index contributed by atoms with van der Waals surface area (Å²) in [4.78, 5) is 2.45. The van der Waals surface area contributed by atoms with Crippen LogP contribution < -0.4 is 5.73 Å². The van der Waals surface area contributed by atoms with Gasteiger partial charge in [0, 0.05) is 23.0 Å². The van der Waals surface area contributed by atoms with Crippen LogP contribution in [0.15, 0.2) is 24.3 Å². The van der Waals surface area contributed by atoms with E-state index in [1.807, 2.05) is 31.6 Å². The van der Waals surface area contributed by atoms with Crippen molar-refractivity contribution in [2.75, 3.05) is 5.73 Å². The molecule has 18 heavy (non-hydrogen) atoms. The zero-order valence-corrected chi connectivity index (χ0v) is 11.5. The van der Waals surface area contributed by atoms with E-state index in [-0.39, 0.29) is 0 Å². The van der Waals surface area contributed by atoms with E-state index in [2.05, 4.69) is 23.3 Å². The van der Waals surface area contributed by atoms with Gasteiger partial charge in [0.05, 0.1) is 5.69 Å². The second-order valence-electron chi connectivity index (χ2n) is 4.61. The van der Waals surface area contributed by atoms with Gasteiger partial charge >= 0.3 is 0 Å². The third-order valence-electron chi connectivity index (χ3n) is 3.26. The highest BCUT2D eigenvalue weighted by Gasteiger charge is 2.11. The van der Waals surface area contributed by atoms with Crippen molar-refractivity contribution < 1.29 is 0 Å². The Hall–Kier alpha value is -1.81. The summed E-state index contributed by atoms with van der Waals surface area (Å²) in [6.07, 6.45) is 0. The molecule has 0 saturated carbocycles. The molecule has 2 heterocycles. The van der Waals surface area contributed by atoms with Gasteiger partial charge in [-0.25, -0.2) is 0 Å². The number of benzene rings is 1. The summed E-state index contributed by atoms with van der Waals surface area (Å²) in [6.45, 7) is 4.07. The second kappa shape index (κ2) is 3.85. The van der Waals surface area contributed by atoms with E-state index in [9.17, 15) is 0 Å². The number of rotatable bonds is 1. The smallest absolute Gasteiger partial charge is 0.121 e. The second-order valence-corrected chi connectivity index (χ2v) is 5.64. The summed E-state index contributed by atoms with van der Waals surface area (Å²) in [5.41, 5.74) is 10.2. The van der Waals surface area contributed by atoms with Crippen LogP contribution in [0.5, 0.6) is 0 Å². The van der Waals surface area contributed by atoms with Crippen LogP contribution >= 0.6 is 11.3 Å². The third kappa shape index (κ3) is 1.61. The SMILES string of the molecule is Cc1ccc(-c2cc3c(C)nn(C)c3s2)cc1N. The van der Waals surface area contributed by atoms with E-state index in [0.29, 0.717) is 0 Å². The molecule has 3 rings (SSSR count). The van der Waals surface area contributed by atoms with Gasteiger partial charge in [-0.3, -0.25) is 4.68 Å². The molecule has 0 atom stereocenters. The lowest BCUT2D eigenvalue weighted by atomic mass is 10.1. The first-order chi connectivity index (χ1) is 8.56. The van der Waals surface area contributed by atoms with E-state index < -0.39 is 0 Å². The molecule has 2 N–H and O–H groups in total. The predicted molar refractivity (Wildman–Crippen MR) is 77.9 cm³/mol. The Balaban J connectivity index is 2.19. The van der Waals surface area contributed by atoms with Gasteiger partial charge in [-0.1, -0.05) is 12.1 Å². The highest BCUT2D eigenvalue weighted by molar-refractivity contribution is 7.21. The van der Waals surface area contributed by atoms with E-state index >= 15 is 0 Å². The van der Waals surface area contributed by atoms with Gasteiger partial charge in [-0.2, -0.15) is 5.10 Å². The Labute approximate surface area is 110 Å². The van der Waals surface area contributed by atoms with Crippen LogP contribution in [0.3, 0.4) is 0 Å². The summed E-state index contributed by atoms with van der Waals surface area (Å²) in [6, 6.07) is 8.44. The van der Waals surface area contributed by atoms with E-state index in [4.69, 9.17) is 5.73 Å². The maximum atomic E-state index is 5.97. The Morgan fingerprint density at radius 2 is 2.00 bits per heavy atom. The monoisotopic (exact) mass is 257 g/mol. The zero-order valence-electron chi connectivity index (χ0n) is 10.7. The van der Waals surface area contributed by atoms with Crippen molar-refractivity contribution >= 4 is 27.2 Å². The number of aryl methyl sites for hydroxylation is 3. The van der Waals surface area contributed by atoms with Crippen molar-refractivity contribution in [1.82, 2.24) is 9.78 Å². The van der Waals surface area contributed by atoms with Gasteiger partial charge in [-0.05, 0) is 37.1 Å². The summed E-state index contributed by atoms with van der Waals surface area (Å²) < 4.78 is 1.94. The van der Waals surface area contributed by atoms with Crippen molar-refractivity contribution in [3.63, 3.8) is 0 Å². The Bertz CT molecular complexity index is 702. The minimum absolute atomic E-state index is 0.847. The fourth-order valence-electron chi connectivity index (χ4n) is 2.14. The quantitative estimate of drug-likeness (QED) is 0.678. The zero-order chi connectivity index (χ0) is 12.9. The molecule has 0 saturated heterocycles. The minimum atomic E-state index is 0.847. The molecule has 92 valence electrons. The molecule has 0 aliphatic heterocycles. The topological polar surface area (TPSA) is 43.8 Å². The molecular formula is C14H15N3S. The van der Waals surface area contributed by atoms with Crippen molar-refractivity contribution in [2.24, 2.45) is 7.05 Å². The number of hydrogen-bond donors (Lipinski definition) is 1. The maximum Gasteiger partial charge on any atom is 0.121 e. The van der Waals surface area contributed by atoms with Crippen LogP contribution in [0, 0.1) is 13.8 Å². The van der Waals surface area contributed by atoms with Gasteiger partial charge in [0.1, 0.15) is 4.83 Å². The van der Waals surface area contributed by atoms with Gasteiger partial charge in [0.15, 0.2) is 0 Å². The van der Waals surface area contributed by atoms with Crippen molar-refractivity contribution in [3.8, 4) is 10.4 Å². The third-order valence-corrected chi connectivity index (χ3v) is 4.51. The first-order valence-electron chi connectivity index (χ1n) is 5.86. The first kappa shape index (κ1) is 11.3. The maximum absolute atomic E-state index is 5.97. The molecule has 0 fully saturated rings. The highest BCUT2D eigenvalue weighted by atomic mass is 32.1. The molecule has 0 bridgehead atoms. The highest BCUT2D eigenvalue weighted by Crippen LogP contribution is 2.35. The molecule has 0 radical (unpaired) electrons. The Morgan fingerprint density at radius 1 is 1.22 bits per heavy atom. The van der Waals surface area contributed by atoms with Crippen molar-refractivity contribution in [3.05, 3.63) is 35.5 Å². The number of fused-ring (bicyclic) bond motifs is 1. The normalized spacial score (nSPS) is 11.3. The summed E-state index contributed by atoms with van der Waals surface area (Å²) in [5.74, 6) is 0. The lowest BCUT2D eigenvalue weighted by Gasteiger charge is -2.02. The number of nitrogen functional groups attached to an aromatic ring is 1. The Kier molecular flexibility index (Phi) is 2.41. The lowest BCUT2D eigenvalue weighted by molar-refractivity contribution is 0.788. The van der Waals surface area contributed by atoms with Gasteiger partial charge < -0.3 is 5.73 Å². The van der Waals surface area contributed by atoms with Gasteiger partial charge in [0.2, 0.25) is 0 Å². The van der Waals surface area contributed by atoms with E-state index in [0.717, 1.165) is 16.9 Å².